The number of rotatable bonds is 1. The third-order valence-electron chi connectivity index (χ3n) is 3.06. The van der Waals surface area contributed by atoms with E-state index in [1.54, 1.807) is 6.07 Å². The van der Waals surface area contributed by atoms with Gasteiger partial charge in [-0.15, -0.1) is 0 Å². The largest absolute Gasteiger partial charge is 0.367 e. The van der Waals surface area contributed by atoms with E-state index in [0.29, 0.717) is 12.6 Å². The SMILES string of the molecule is Fc1ccc2c(c1)COC2C1CCN1. The van der Waals surface area contributed by atoms with Gasteiger partial charge in [-0.3, -0.25) is 0 Å². The quantitative estimate of drug-likeness (QED) is 0.733. The van der Waals surface area contributed by atoms with Crippen LogP contribution < -0.4 is 5.32 Å². The molecule has 2 nitrogen and oxygen atoms in total. The van der Waals surface area contributed by atoms with Crippen molar-refractivity contribution in [1.29, 1.82) is 0 Å². The van der Waals surface area contributed by atoms with Gasteiger partial charge in [-0.25, -0.2) is 4.39 Å². The van der Waals surface area contributed by atoms with E-state index in [9.17, 15) is 4.39 Å². The van der Waals surface area contributed by atoms with Crippen LogP contribution in [0.1, 0.15) is 23.7 Å². The van der Waals surface area contributed by atoms with Crippen LogP contribution >= 0.6 is 0 Å². The summed E-state index contributed by atoms with van der Waals surface area (Å²) < 4.78 is 18.6. The number of hydrogen-bond acceptors (Lipinski definition) is 2. The molecule has 0 aromatic heterocycles. The second-order valence-electron chi connectivity index (χ2n) is 3.92. The Morgan fingerprint density at radius 3 is 3.00 bits per heavy atom. The molecule has 1 saturated heterocycles. The summed E-state index contributed by atoms with van der Waals surface area (Å²) in [6.07, 6.45) is 1.29. The molecular weight excluding hydrogens is 181 g/mol. The molecule has 0 spiro atoms. The van der Waals surface area contributed by atoms with E-state index in [2.05, 4.69) is 5.32 Å². The molecule has 2 unspecified atom stereocenters. The molecule has 1 fully saturated rings. The monoisotopic (exact) mass is 193 g/mol. The molecule has 1 aromatic rings. The number of fused-ring (bicyclic) bond motifs is 1. The van der Waals surface area contributed by atoms with Crippen LogP contribution in [0.15, 0.2) is 18.2 Å². The van der Waals surface area contributed by atoms with Gasteiger partial charge in [0.05, 0.1) is 12.7 Å². The molecule has 0 amide bonds. The second-order valence-corrected chi connectivity index (χ2v) is 3.92. The number of hydrogen-bond donors (Lipinski definition) is 1. The first kappa shape index (κ1) is 8.38. The number of benzene rings is 1. The zero-order valence-electron chi connectivity index (χ0n) is 7.79. The third-order valence-corrected chi connectivity index (χ3v) is 3.06. The van der Waals surface area contributed by atoms with Crippen LogP contribution in [0, 0.1) is 5.82 Å². The average Bonchev–Trinajstić information content (AvgIpc) is 2.45. The normalized spacial score (nSPS) is 29.8. The summed E-state index contributed by atoms with van der Waals surface area (Å²) in [6, 6.07) is 5.37. The van der Waals surface area contributed by atoms with Gasteiger partial charge in [-0.2, -0.15) is 0 Å². The Bertz CT molecular complexity index is 362. The van der Waals surface area contributed by atoms with Crippen LogP contribution in [-0.4, -0.2) is 12.6 Å². The third kappa shape index (κ3) is 1.16. The highest BCUT2D eigenvalue weighted by atomic mass is 19.1. The van der Waals surface area contributed by atoms with E-state index in [1.807, 2.05) is 6.07 Å². The van der Waals surface area contributed by atoms with Crippen LogP contribution in [-0.2, 0) is 11.3 Å². The first-order valence-corrected chi connectivity index (χ1v) is 4.98. The molecule has 3 rings (SSSR count). The van der Waals surface area contributed by atoms with Crippen LogP contribution in [0.4, 0.5) is 4.39 Å². The highest BCUT2D eigenvalue weighted by molar-refractivity contribution is 5.33. The molecule has 2 heterocycles. The highest BCUT2D eigenvalue weighted by Gasteiger charge is 2.33. The first-order valence-electron chi connectivity index (χ1n) is 4.98. The molecule has 2 aliphatic heterocycles. The molecule has 1 N–H and O–H groups in total. The fourth-order valence-corrected chi connectivity index (χ4v) is 2.15. The lowest BCUT2D eigenvalue weighted by Crippen LogP contribution is -2.46. The number of ether oxygens (including phenoxy) is 1. The number of halogens is 1. The van der Waals surface area contributed by atoms with Gasteiger partial charge in [0.15, 0.2) is 0 Å². The average molecular weight is 193 g/mol. The van der Waals surface area contributed by atoms with Crippen molar-refractivity contribution < 1.29 is 9.13 Å². The summed E-state index contributed by atoms with van der Waals surface area (Å²) in [6.45, 7) is 1.62. The van der Waals surface area contributed by atoms with Crippen molar-refractivity contribution in [2.24, 2.45) is 0 Å². The maximum absolute atomic E-state index is 12.9. The molecule has 14 heavy (non-hydrogen) atoms. The molecule has 0 radical (unpaired) electrons. The minimum absolute atomic E-state index is 0.138. The van der Waals surface area contributed by atoms with E-state index >= 15 is 0 Å². The van der Waals surface area contributed by atoms with Gasteiger partial charge >= 0.3 is 0 Å². The Balaban J connectivity index is 1.93. The summed E-state index contributed by atoms with van der Waals surface area (Å²) in [5.74, 6) is -0.172. The Morgan fingerprint density at radius 2 is 2.29 bits per heavy atom. The minimum atomic E-state index is -0.172. The molecule has 3 heteroatoms. The van der Waals surface area contributed by atoms with Crippen LogP contribution in [0.3, 0.4) is 0 Å². The predicted octanol–water partition coefficient (Wildman–Crippen LogP) is 1.76. The maximum Gasteiger partial charge on any atom is 0.123 e. The zero-order valence-corrected chi connectivity index (χ0v) is 7.79. The van der Waals surface area contributed by atoms with Crippen molar-refractivity contribution in [1.82, 2.24) is 5.32 Å². The van der Waals surface area contributed by atoms with E-state index in [0.717, 1.165) is 24.1 Å². The van der Waals surface area contributed by atoms with Crippen molar-refractivity contribution in [2.75, 3.05) is 6.54 Å². The van der Waals surface area contributed by atoms with Gasteiger partial charge in [-0.05, 0) is 36.2 Å². The van der Waals surface area contributed by atoms with Crippen molar-refractivity contribution >= 4 is 0 Å². The molecule has 0 bridgehead atoms. The van der Waals surface area contributed by atoms with Crippen molar-refractivity contribution in [3.63, 3.8) is 0 Å². The highest BCUT2D eigenvalue weighted by Crippen LogP contribution is 2.35. The summed E-state index contributed by atoms with van der Waals surface area (Å²) in [7, 11) is 0. The Hall–Kier alpha value is -0.930. The fraction of sp³-hybridized carbons (Fsp3) is 0.455. The van der Waals surface area contributed by atoms with E-state index in [1.165, 1.54) is 6.07 Å². The van der Waals surface area contributed by atoms with Crippen molar-refractivity contribution in [2.45, 2.75) is 25.2 Å². The summed E-state index contributed by atoms with van der Waals surface area (Å²) in [5, 5.41) is 3.32. The van der Waals surface area contributed by atoms with Crippen LogP contribution in [0.2, 0.25) is 0 Å². The molecule has 2 atom stereocenters. The Kier molecular flexibility index (Phi) is 1.82. The van der Waals surface area contributed by atoms with Crippen molar-refractivity contribution in [3.8, 4) is 0 Å². The van der Waals surface area contributed by atoms with Gasteiger partial charge in [0.2, 0.25) is 0 Å². The smallest absolute Gasteiger partial charge is 0.123 e. The molecule has 0 aliphatic carbocycles. The lowest BCUT2D eigenvalue weighted by Gasteiger charge is -2.32. The Labute approximate surface area is 82.1 Å². The van der Waals surface area contributed by atoms with Crippen LogP contribution in [0.5, 0.6) is 0 Å². The summed E-state index contributed by atoms with van der Waals surface area (Å²) >= 11 is 0. The van der Waals surface area contributed by atoms with Crippen molar-refractivity contribution in [3.05, 3.63) is 35.1 Å². The zero-order chi connectivity index (χ0) is 9.54. The molecule has 2 aliphatic rings. The maximum atomic E-state index is 12.9. The van der Waals surface area contributed by atoms with Gasteiger partial charge in [0.1, 0.15) is 5.82 Å². The topological polar surface area (TPSA) is 21.3 Å². The fourth-order valence-electron chi connectivity index (χ4n) is 2.15. The van der Waals surface area contributed by atoms with Gasteiger partial charge < -0.3 is 10.1 Å². The number of nitrogens with one attached hydrogen (secondary N) is 1. The lowest BCUT2D eigenvalue weighted by molar-refractivity contribution is 0.0193. The molecule has 1 aromatic carbocycles. The van der Waals surface area contributed by atoms with E-state index < -0.39 is 0 Å². The lowest BCUT2D eigenvalue weighted by atomic mass is 9.94. The Morgan fingerprint density at radius 1 is 1.43 bits per heavy atom. The van der Waals surface area contributed by atoms with Gasteiger partial charge in [0, 0.05) is 6.04 Å². The summed E-state index contributed by atoms with van der Waals surface area (Å²) in [5.41, 5.74) is 2.16. The summed E-state index contributed by atoms with van der Waals surface area (Å²) in [4.78, 5) is 0. The molecule has 0 saturated carbocycles. The second kappa shape index (κ2) is 3.04. The minimum Gasteiger partial charge on any atom is -0.367 e. The van der Waals surface area contributed by atoms with E-state index in [4.69, 9.17) is 4.74 Å². The standard InChI is InChI=1S/C11H12FNO/c12-8-1-2-9-7(5-8)6-14-11(9)10-3-4-13-10/h1-2,5,10-11,13H,3-4,6H2. The molecule has 74 valence electrons. The van der Waals surface area contributed by atoms with Crippen LogP contribution in [0.25, 0.3) is 0 Å². The predicted molar refractivity (Wildman–Crippen MR) is 50.3 cm³/mol. The molecular formula is C11H12FNO. The van der Waals surface area contributed by atoms with E-state index in [-0.39, 0.29) is 11.9 Å². The van der Waals surface area contributed by atoms with Gasteiger partial charge in [0.25, 0.3) is 0 Å². The van der Waals surface area contributed by atoms with Gasteiger partial charge in [-0.1, -0.05) is 6.07 Å². The first-order chi connectivity index (χ1) is 6.84.